The highest BCUT2D eigenvalue weighted by Gasteiger charge is 2.17. The molecule has 0 radical (unpaired) electrons. The molecule has 0 bridgehead atoms. The van der Waals surface area contributed by atoms with Gasteiger partial charge in [0.05, 0.1) is 25.5 Å². The molecule has 0 saturated carbocycles. The van der Waals surface area contributed by atoms with Gasteiger partial charge in [0, 0.05) is 12.6 Å². The number of nitrogens with two attached hydrogens (primary N) is 1. The van der Waals surface area contributed by atoms with E-state index in [9.17, 15) is 4.79 Å². The fourth-order valence-corrected chi connectivity index (χ4v) is 2.87. The molecule has 0 unspecified atom stereocenters. The third kappa shape index (κ3) is 5.68. The molecule has 0 aliphatic carbocycles. The second-order valence-electron chi connectivity index (χ2n) is 6.30. The molecule has 7 nitrogen and oxygen atoms in total. The van der Waals surface area contributed by atoms with E-state index in [1.165, 1.54) is 7.11 Å². The van der Waals surface area contributed by atoms with Gasteiger partial charge in [-0.15, -0.1) is 12.4 Å². The molecule has 0 aliphatic rings. The number of esters is 1. The van der Waals surface area contributed by atoms with E-state index >= 15 is 0 Å². The van der Waals surface area contributed by atoms with Crippen LogP contribution in [0.3, 0.4) is 0 Å². The Kier molecular flexibility index (Phi) is 8.58. The van der Waals surface area contributed by atoms with Gasteiger partial charge in [-0.2, -0.15) is 0 Å². The number of nitrogens with zero attached hydrogens (tertiary/aromatic N) is 2. The second-order valence-corrected chi connectivity index (χ2v) is 6.30. The largest absolute Gasteiger partial charge is 0.496 e. The fourth-order valence-electron chi connectivity index (χ4n) is 2.87. The highest BCUT2D eigenvalue weighted by atomic mass is 35.5. The van der Waals surface area contributed by atoms with E-state index in [1.807, 2.05) is 48.5 Å². The van der Waals surface area contributed by atoms with Gasteiger partial charge in [0.15, 0.2) is 5.82 Å². The summed E-state index contributed by atoms with van der Waals surface area (Å²) in [5, 5.41) is 0. The fraction of sp³-hybridized carbons (Fsp3) is 0.227. The smallest absolute Gasteiger partial charge is 0.322 e. The Morgan fingerprint density at radius 3 is 2.47 bits per heavy atom. The number of ether oxygens (including phenoxy) is 3. The van der Waals surface area contributed by atoms with Crippen molar-refractivity contribution in [1.82, 2.24) is 9.97 Å². The number of halogens is 1. The van der Waals surface area contributed by atoms with Crippen molar-refractivity contribution in [2.24, 2.45) is 5.73 Å². The summed E-state index contributed by atoms with van der Waals surface area (Å²) in [6, 6.07) is 16.1. The number of rotatable bonds is 8. The first-order chi connectivity index (χ1) is 14.1. The lowest BCUT2D eigenvalue weighted by Gasteiger charge is -2.14. The van der Waals surface area contributed by atoms with Crippen molar-refractivity contribution in [2.75, 3.05) is 14.2 Å². The molecule has 0 fully saturated rings. The Morgan fingerprint density at radius 1 is 1.03 bits per heavy atom. The zero-order valence-electron chi connectivity index (χ0n) is 16.8. The normalized spacial score (nSPS) is 11.2. The summed E-state index contributed by atoms with van der Waals surface area (Å²) < 4.78 is 16.0. The third-order valence-electron chi connectivity index (χ3n) is 4.35. The highest BCUT2D eigenvalue weighted by molar-refractivity contribution is 5.85. The first kappa shape index (κ1) is 23.1. The van der Waals surface area contributed by atoms with Crippen LogP contribution in [0.1, 0.15) is 11.3 Å². The molecule has 3 rings (SSSR count). The highest BCUT2D eigenvalue weighted by Crippen LogP contribution is 2.27. The molecule has 158 valence electrons. The van der Waals surface area contributed by atoms with E-state index in [4.69, 9.17) is 19.9 Å². The van der Waals surface area contributed by atoms with E-state index in [0.717, 1.165) is 11.1 Å². The third-order valence-corrected chi connectivity index (χ3v) is 4.35. The zero-order valence-corrected chi connectivity index (χ0v) is 17.6. The first-order valence-corrected chi connectivity index (χ1v) is 9.11. The van der Waals surface area contributed by atoms with Crippen molar-refractivity contribution in [3.63, 3.8) is 0 Å². The van der Waals surface area contributed by atoms with Crippen molar-refractivity contribution < 1.29 is 19.0 Å². The van der Waals surface area contributed by atoms with Crippen LogP contribution in [0.15, 0.2) is 60.8 Å². The van der Waals surface area contributed by atoms with Crippen molar-refractivity contribution in [3.8, 4) is 22.9 Å². The second kappa shape index (κ2) is 11.1. The van der Waals surface area contributed by atoms with Crippen molar-refractivity contribution >= 4 is 18.4 Å². The first-order valence-electron chi connectivity index (χ1n) is 9.11. The predicted octanol–water partition coefficient (Wildman–Crippen LogP) is 3.20. The van der Waals surface area contributed by atoms with Crippen molar-refractivity contribution in [2.45, 2.75) is 19.1 Å². The van der Waals surface area contributed by atoms with Gasteiger partial charge in [-0.1, -0.05) is 30.3 Å². The van der Waals surface area contributed by atoms with Crippen LogP contribution in [-0.4, -0.2) is 36.2 Å². The monoisotopic (exact) mass is 429 g/mol. The van der Waals surface area contributed by atoms with E-state index in [0.29, 0.717) is 29.4 Å². The summed E-state index contributed by atoms with van der Waals surface area (Å²) in [5.74, 6) is 1.44. The van der Waals surface area contributed by atoms with Crippen LogP contribution in [0.4, 0.5) is 0 Å². The van der Waals surface area contributed by atoms with Crippen LogP contribution < -0.4 is 15.2 Å². The summed E-state index contributed by atoms with van der Waals surface area (Å²) in [4.78, 5) is 20.5. The molecule has 1 atom stereocenters. The number of hydrogen-bond acceptors (Lipinski definition) is 7. The molecular formula is C22H24ClN3O4. The van der Waals surface area contributed by atoms with Crippen LogP contribution in [0.5, 0.6) is 11.5 Å². The SMILES string of the molecule is COC(=O)[C@@H](N)Cc1ccccc1OCc1ccnc(-c2ccccc2OC)n1.Cl. The molecule has 1 heterocycles. The van der Waals surface area contributed by atoms with Gasteiger partial charge >= 0.3 is 5.97 Å². The number of para-hydroxylation sites is 2. The standard InChI is InChI=1S/C22H23N3O4.ClH/c1-27-20-10-6-4-8-17(20)21-24-12-11-16(25-21)14-29-19-9-5-3-7-15(19)13-18(23)22(26)28-2;/h3-12,18H,13-14,23H2,1-2H3;1H/t18-;/m0./s1. The Balaban J connectivity index is 0.00000320. The lowest BCUT2D eigenvalue weighted by Crippen LogP contribution is -2.33. The molecule has 0 spiro atoms. The summed E-state index contributed by atoms with van der Waals surface area (Å²) >= 11 is 0. The number of hydrogen-bond donors (Lipinski definition) is 1. The van der Waals surface area contributed by atoms with Crippen LogP contribution >= 0.6 is 12.4 Å². The van der Waals surface area contributed by atoms with Gasteiger partial charge in [0.2, 0.25) is 0 Å². The topological polar surface area (TPSA) is 96.6 Å². The lowest BCUT2D eigenvalue weighted by atomic mass is 10.1. The lowest BCUT2D eigenvalue weighted by molar-refractivity contribution is -0.142. The van der Waals surface area contributed by atoms with E-state index < -0.39 is 12.0 Å². The Morgan fingerprint density at radius 2 is 1.73 bits per heavy atom. The number of carbonyl (C=O) groups excluding carboxylic acids is 1. The molecule has 8 heteroatoms. The average molecular weight is 430 g/mol. The minimum Gasteiger partial charge on any atom is -0.496 e. The number of carbonyl (C=O) groups is 1. The van der Waals surface area contributed by atoms with Crippen LogP contribution in [0.25, 0.3) is 11.4 Å². The molecule has 2 N–H and O–H groups in total. The summed E-state index contributed by atoms with van der Waals surface area (Å²) in [7, 11) is 2.93. The van der Waals surface area contributed by atoms with Gasteiger partial charge in [-0.05, 0) is 29.8 Å². The number of benzene rings is 2. The van der Waals surface area contributed by atoms with Gasteiger partial charge in [0.1, 0.15) is 24.1 Å². The Bertz CT molecular complexity index is 984. The van der Waals surface area contributed by atoms with Crippen LogP contribution in [0, 0.1) is 0 Å². The van der Waals surface area contributed by atoms with Gasteiger partial charge in [0.25, 0.3) is 0 Å². The zero-order chi connectivity index (χ0) is 20.6. The molecule has 0 amide bonds. The van der Waals surface area contributed by atoms with Crippen molar-refractivity contribution in [3.05, 3.63) is 72.1 Å². The maximum atomic E-state index is 11.6. The van der Waals surface area contributed by atoms with E-state index in [-0.39, 0.29) is 19.0 Å². The molecular weight excluding hydrogens is 406 g/mol. The molecule has 30 heavy (non-hydrogen) atoms. The number of methoxy groups -OCH3 is 2. The van der Waals surface area contributed by atoms with Gasteiger partial charge in [-0.25, -0.2) is 9.97 Å². The van der Waals surface area contributed by atoms with E-state index in [1.54, 1.807) is 19.4 Å². The molecule has 1 aromatic heterocycles. The molecule has 0 saturated heterocycles. The van der Waals surface area contributed by atoms with Gasteiger partial charge < -0.3 is 19.9 Å². The number of aromatic nitrogens is 2. The quantitative estimate of drug-likeness (QED) is 0.549. The summed E-state index contributed by atoms with van der Waals surface area (Å²) in [6.07, 6.45) is 2.01. The average Bonchev–Trinajstić information content (AvgIpc) is 2.78. The maximum absolute atomic E-state index is 11.6. The van der Waals surface area contributed by atoms with Gasteiger partial charge in [-0.3, -0.25) is 4.79 Å². The van der Waals surface area contributed by atoms with Crippen LogP contribution in [-0.2, 0) is 22.6 Å². The maximum Gasteiger partial charge on any atom is 0.322 e. The minimum atomic E-state index is -0.749. The van der Waals surface area contributed by atoms with E-state index in [2.05, 4.69) is 9.97 Å². The van der Waals surface area contributed by atoms with Crippen LogP contribution in [0.2, 0.25) is 0 Å². The molecule has 0 aliphatic heterocycles. The van der Waals surface area contributed by atoms with Crippen molar-refractivity contribution in [1.29, 1.82) is 0 Å². The summed E-state index contributed by atoms with van der Waals surface area (Å²) in [6.45, 7) is 0.245. The molecule has 3 aromatic rings. The predicted molar refractivity (Wildman–Crippen MR) is 116 cm³/mol. The Labute approximate surface area is 181 Å². The Hall–Kier alpha value is -3.16. The molecule has 2 aromatic carbocycles. The summed E-state index contributed by atoms with van der Waals surface area (Å²) in [5.41, 5.74) is 8.23. The minimum absolute atomic E-state index is 0.